The Hall–Kier alpha value is -1.19. The second kappa shape index (κ2) is 5.85. The van der Waals surface area contributed by atoms with Crippen molar-refractivity contribution in [2.24, 2.45) is 5.41 Å². The molecule has 0 saturated heterocycles. The molecule has 0 aliphatic carbocycles. The molecule has 0 spiro atoms. The van der Waals surface area contributed by atoms with Crippen LogP contribution in [0.1, 0.15) is 38.8 Å². The Labute approximate surface area is 119 Å². The maximum Gasteiger partial charge on any atom is 0.123 e. The van der Waals surface area contributed by atoms with Crippen LogP contribution in [-0.2, 0) is 4.74 Å². The summed E-state index contributed by atoms with van der Waals surface area (Å²) in [5.41, 5.74) is 2.26. The molecule has 3 heteroatoms. The minimum absolute atomic E-state index is 0.0555. The quantitative estimate of drug-likeness (QED) is 0.789. The van der Waals surface area contributed by atoms with E-state index >= 15 is 0 Å². The Bertz CT molecular complexity index is 513. The third-order valence-electron chi connectivity index (χ3n) is 2.94. The van der Waals surface area contributed by atoms with Gasteiger partial charge in [-0.05, 0) is 12.3 Å². The van der Waals surface area contributed by atoms with Crippen LogP contribution in [0.2, 0.25) is 0 Å². The van der Waals surface area contributed by atoms with Crippen molar-refractivity contribution in [3.63, 3.8) is 0 Å². The fourth-order valence-corrected chi connectivity index (χ4v) is 3.13. The first kappa shape index (κ1) is 14.2. The van der Waals surface area contributed by atoms with Gasteiger partial charge >= 0.3 is 0 Å². The molecule has 0 bridgehead atoms. The van der Waals surface area contributed by atoms with Gasteiger partial charge in [-0.1, -0.05) is 51.1 Å². The van der Waals surface area contributed by atoms with Crippen molar-refractivity contribution >= 4 is 11.3 Å². The molecular weight excluding hydrogens is 254 g/mol. The molecule has 0 fully saturated rings. The van der Waals surface area contributed by atoms with Crippen LogP contribution in [0, 0.1) is 5.41 Å². The lowest BCUT2D eigenvalue weighted by Crippen LogP contribution is -2.21. The number of hydrogen-bond acceptors (Lipinski definition) is 3. The van der Waals surface area contributed by atoms with Gasteiger partial charge in [0, 0.05) is 17.6 Å². The molecule has 19 heavy (non-hydrogen) atoms. The molecule has 102 valence electrons. The number of benzene rings is 1. The van der Waals surface area contributed by atoms with E-state index < -0.39 is 0 Å². The average Bonchev–Trinajstić information content (AvgIpc) is 2.84. The monoisotopic (exact) mass is 275 g/mol. The predicted molar refractivity (Wildman–Crippen MR) is 81.4 cm³/mol. The van der Waals surface area contributed by atoms with Gasteiger partial charge < -0.3 is 4.74 Å². The molecule has 0 amide bonds. The molecule has 0 aliphatic rings. The van der Waals surface area contributed by atoms with Crippen LogP contribution < -0.4 is 0 Å². The SMILES string of the molecule is CCOC(c1nc(-c2ccccc2)cs1)C(C)(C)C. The van der Waals surface area contributed by atoms with Crippen LogP contribution in [0.3, 0.4) is 0 Å². The van der Waals surface area contributed by atoms with Crippen LogP contribution in [0.4, 0.5) is 0 Å². The third-order valence-corrected chi connectivity index (χ3v) is 3.82. The molecule has 0 radical (unpaired) electrons. The standard InChI is InChI=1S/C16H21NOS/c1-5-18-14(16(2,3)4)15-17-13(11-19-15)12-9-7-6-8-10-12/h6-11,14H,5H2,1-4H3. The summed E-state index contributed by atoms with van der Waals surface area (Å²) in [7, 11) is 0. The summed E-state index contributed by atoms with van der Waals surface area (Å²) in [6.45, 7) is 9.32. The van der Waals surface area contributed by atoms with Crippen molar-refractivity contribution in [2.75, 3.05) is 6.61 Å². The second-order valence-corrected chi connectivity index (χ2v) is 6.53. The number of thiazole rings is 1. The topological polar surface area (TPSA) is 22.1 Å². The van der Waals surface area contributed by atoms with Crippen molar-refractivity contribution in [1.29, 1.82) is 0 Å². The van der Waals surface area contributed by atoms with Crippen molar-refractivity contribution in [3.05, 3.63) is 40.7 Å². The van der Waals surface area contributed by atoms with Gasteiger partial charge in [0.25, 0.3) is 0 Å². The maximum absolute atomic E-state index is 5.89. The second-order valence-electron chi connectivity index (χ2n) is 5.64. The third kappa shape index (κ3) is 3.43. The molecule has 2 rings (SSSR count). The summed E-state index contributed by atoms with van der Waals surface area (Å²) in [6, 6.07) is 10.3. The van der Waals surface area contributed by atoms with Crippen LogP contribution in [0.15, 0.2) is 35.7 Å². The highest BCUT2D eigenvalue weighted by Gasteiger charge is 2.29. The first-order valence-corrected chi connectivity index (χ1v) is 7.52. The van der Waals surface area contributed by atoms with Gasteiger partial charge in [0.1, 0.15) is 11.1 Å². The van der Waals surface area contributed by atoms with Crippen molar-refractivity contribution in [1.82, 2.24) is 4.98 Å². The molecule has 1 heterocycles. The van der Waals surface area contributed by atoms with Gasteiger partial charge in [-0.25, -0.2) is 4.98 Å². The number of ether oxygens (including phenoxy) is 1. The first-order chi connectivity index (χ1) is 9.02. The van der Waals surface area contributed by atoms with E-state index in [0.717, 1.165) is 16.3 Å². The smallest absolute Gasteiger partial charge is 0.123 e. The Balaban J connectivity index is 2.29. The van der Waals surface area contributed by atoms with Crippen LogP contribution in [0.25, 0.3) is 11.3 Å². The van der Waals surface area contributed by atoms with Crippen LogP contribution in [0.5, 0.6) is 0 Å². The minimum atomic E-state index is 0.0555. The largest absolute Gasteiger partial charge is 0.371 e. The van der Waals surface area contributed by atoms with Gasteiger partial charge in [0.2, 0.25) is 0 Å². The van der Waals surface area contributed by atoms with Crippen molar-refractivity contribution in [3.8, 4) is 11.3 Å². The number of aromatic nitrogens is 1. The molecule has 0 aliphatic heterocycles. The Kier molecular flexibility index (Phi) is 4.38. The summed E-state index contributed by atoms with van der Waals surface area (Å²) >= 11 is 1.68. The van der Waals surface area contributed by atoms with E-state index in [-0.39, 0.29) is 11.5 Å². The fourth-order valence-electron chi connectivity index (χ4n) is 2.01. The van der Waals surface area contributed by atoms with E-state index in [4.69, 9.17) is 9.72 Å². The predicted octanol–water partition coefficient (Wildman–Crippen LogP) is 4.93. The number of rotatable bonds is 4. The summed E-state index contributed by atoms with van der Waals surface area (Å²) in [5, 5.41) is 3.18. The van der Waals surface area contributed by atoms with Gasteiger partial charge in [-0.3, -0.25) is 0 Å². The van der Waals surface area contributed by atoms with E-state index in [2.05, 4.69) is 38.3 Å². The fraction of sp³-hybridized carbons (Fsp3) is 0.438. The zero-order valence-electron chi connectivity index (χ0n) is 12.0. The number of hydrogen-bond donors (Lipinski definition) is 0. The van der Waals surface area contributed by atoms with Crippen LogP contribution >= 0.6 is 11.3 Å². The molecule has 1 aromatic carbocycles. The van der Waals surface area contributed by atoms with E-state index in [0.29, 0.717) is 6.61 Å². The normalized spacial score (nSPS) is 13.5. The van der Waals surface area contributed by atoms with E-state index in [9.17, 15) is 0 Å². The molecule has 0 N–H and O–H groups in total. The zero-order chi connectivity index (χ0) is 13.9. The molecular formula is C16H21NOS. The lowest BCUT2D eigenvalue weighted by molar-refractivity contribution is -0.0133. The molecule has 2 nitrogen and oxygen atoms in total. The average molecular weight is 275 g/mol. The molecule has 1 atom stereocenters. The van der Waals surface area contributed by atoms with Gasteiger partial charge in [0.15, 0.2) is 0 Å². The van der Waals surface area contributed by atoms with Gasteiger partial charge in [0.05, 0.1) is 5.69 Å². The van der Waals surface area contributed by atoms with E-state index in [1.54, 1.807) is 11.3 Å². The summed E-state index contributed by atoms with van der Waals surface area (Å²) in [5.74, 6) is 0. The lowest BCUT2D eigenvalue weighted by Gasteiger charge is -2.28. The van der Waals surface area contributed by atoms with Gasteiger partial charge in [-0.2, -0.15) is 0 Å². The van der Waals surface area contributed by atoms with Gasteiger partial charge in [-0.15, -0.1) is 11.3 Å². The zero-order valence-corrected chi connectivity index (χ0v) is 12.8. The summed E-state index contributed by atoms with van der Waals surface area (Å²) < 4.78 is 5.89. The lowest BCUT2D eigenvalue weighted by atomic mass is 9.89. The molecule has 0 saturated carbocycles. The highest BCUT2D eigenvalue weighted by molar-refractivity contribution is 7.10. The Morgan fingerprint density at radius 1 is 1.21 bits per heavy atom. The van der Waals surface area contributed by atoms with E-state index in [1.807, 2.05) is 25.1 Å². The Morgan fingerprint density at radius 2 is 1.89 bits per heavy atom. The number of nitrogens with zero attached hydrogens (tertiary/aromatic N) is 1. The molecule has 2 aromatic rings. The van der Waals surface area contributed by atoms with E-state index in [1.165, 1.54) is 0 Å². The van der Waals surface area contributed by atoms with Crippen LogP contribution in [-0.4, -0.2) is 11.6 Å². The highest BCUT2D eigenvalue weighted by atomic mass is 32.1. The highest BCUT2D eigenvalue weighted by Crippen LogP contribution is 2.38. The summed E-state index contributed by atoms with van der Waals surface area (Å²) in [6.07, 6.45) is 0.0555. The molecule has 1 aromatic heterocycles. The first-order valence-electron chi connectivity index (χ1n) is 6.65. The Morgan fingerprint density at radius 3 is 2.47 bits per heavy atom. The maximum atomic E-state index is 5.89. The summed E-state index contributed by atoms with van der Waals surface area (Å²) in [4.78, 5) is 4.76. The van der Waals surface area contributed by atoms with Crippen molar-refractivity contribution in [2.45, 2.75) is 33.8 Å². The van der Waals surface area contributed by atoms with Crippen molar-refractivity contribution < 1.29 is 4.74 Å². The molecule has 1 unspecified atom stereocenters. The minimum Gasteiger partial charge on any atom is -0.371 e.